The molecule has 3 aliphatic rings. The number of esters is 1. The number of fused-ring (bicyclic) bond motifs is 3. The minimum atomic E-state index is -1.05. The Labute approximate surface area is 252 Å². The van der Waals surface area contributed by atoms with E-state index in [0.717, 1.165) is 0 Å². The molecule has 43 heavy (non-hydrogen) atoms. The van der Waals surface area contributed by atoms with E-state index in [4.69, 9.17) is 30.5 Å². The summed E-state index contributed by atoms with van der Waals surface area (Å²) in [7, 11) is 0. The molecule has 3 aliphatic heterocycles. The van der Waals surface area contributed by atoms with Crippen LogP contribution in [0.4, 0.5) is 10.1 Å². The third kappa shape index (κ3) is 5.45. The number of carbonyl (C=O) groups is 3. The van der Waals surface area contributed by atoms with Gasteiger partial charge in [-0.1, -0.05) is 29.8 Å². The van der Waals surface area contributed by atoms with E-state index in [2.05, 4.69) is 10.3 Å². The molecular weight excluding hydrogens is 581 g/mol. The molecular formula is C31H29ClFN3O7. The zero-order valence-electron chi connectivity index (χ0n) is 23.7. The number of aryl methyl sites for hydroxylation is 1. The first-order chi connectivity index (χ1) is 20.6. The van der Waals surface area contributed by atoms with E-state index >= 15 is 4.39 Å². The number of rotatable bonds is 6. The molecule has 10 nitrogen and oxygen atoms in total. The van der Waals surface area contributed by atoms with Gasteiger partial charge in [0.1, 0.15) is 29.0 Å². The van der Waals surface area contributed by atoms with Crippen molar-refractivity contribution in [2.75, 3.05) is 18.5 Å². The Morgan fingerprint density at radius 1 is 1.23 bits per heavy atom. The first-order valence-electron chi connectivity index (χ1n) is 13.9. The third-order valence-electron chi connectivity index (χ3n) is 7.55. The molecule has 224 valence electrons. The Kier molecular flexibility index (Phi) is 7.59. The van der Waals surface area contributed by atoms with E-state index in [9.17, 15) is 14.4 Å². The van der Waals surface area contributed by atoms with E-state index in [0.29, 0.717) is 28.8 Å². The maximum Gasteiger partial charge on any atom is 0.338 e. The highest BCUT2D eigenvalue weighted by atomic mass is 35.5. The van der Waals surface area contributed by atoms with Gasteiger partial charge in [-0.15, -0.1) is 0 Å². The number of pyridine rings is 1. The van der Waals surface area contributed by atoms with Gasteiger partial charge in [0.2, 0.25) is 5.88 Å². The van der Waals surface area contributed by atoms with Crippen LogP contribution < -0.4 is 19.5 Å². The van der Waals surface area contributed by atoms with Crippen LogP contribution in [0.15, 0.2) is 42.6 Å². The van der Waals surface area contributed by atoms with Crippen LogP contribution in [-0.4, -0.2) is 65.2 Å². The molecule has 2 aromatic carbocycles. The lowest BCUT2D eigenvalue weighted by atomic mass is 10.0. The summed E-state index contributed by atoms with van der Waals surface area (Å²) in [5.41, 5.74) is 1.62. The van der Waals surface area contributed by atoms with Gasteiger partial charge in [0.05, 0.1) is 29.9 Å². The number of nitrogens with zero attached hydrogens (tertiary/aromatic N) is 2. The number of benzene rings is 2. The SMILES string of the molecule is Cc1cc2c(c(OC(C)C)c1F)C(=O)N1C[C@@H](Oc3ncc4c(c3Cl)NC(=O)C(OC(=O)c3ccccc3)C4)C[C@@H]1CO2. The van der Waals surface area contributed by atoms with Gasteiger partial charge in [-0.05, 0) is 44.5 Å². The maximum absolute atomic E-state index is 15.1. The lowest BCUT2D eigenvalue weighted by Gasteiger charge is -2.26. The van der Waals surface area contributed by atoms with Crippen LogP contribution >= 0.6 is 11.6 Å². The third-order valence-corrected chi connectivity index (χ3v) is 7.90. The molecule has 0 spiro atoms. The monoisotopic (exact) mass is 609 g/mol. The van der Waals surface area contributed by atoms with Gasteiger partial charge in [-0.2, -0.15) is 0 Å². The lowest BCUT2D eigenvalue weighted by molar-refractivity contribution is -0.125. The normalized spacial score (nSPS) is 20.8. The number of hydrogen-bond donors (Lipinski definition) is 1. The predicted octanol–water partition coefficient (Wildman–Crippen LogP) is 4.74. The van der Waals surface area contributed by atoms with Gasteiger partial charge in [-0.25, -0.2) is 14.2 Å². The molecule has 0 saturated carbocycles. The fraction of sp³-hybridized carbons (Fsp3) is 0.355. The molecule has 3 atom stereocenters. The largest absolute Gasteiger partial charge is 0.490 e. The molecule has 12 heteroatoms. The van der Waals surface area contributed by atoms with Crippen molar-refractivity contribution in [3.05, 3.63) is 75.7 Å². The molecule has 0 bridgehead atoms. The van der Waals surface area contributed by atoms with Crippen LogP contribution in [0, 0.1) is 12.7 Å². The van der Waals surface area contributed by atoms with Crippen LogP contribution in [0.1, 0.15) is 52.1 Å². The number of hydrogen-bond acceptors (Lipinski definition) is 8. The van der Waals surface area contributed by atoms with Crippen molar-refractivity contribution in [1.29, 1.82) is 0 Å². The van der Waals surface area contributed by atoms with Gasteiger partial charge in [0.25, 0.3) is 11.8 Å². The van der Waals surface area contributed by atoms with Crippen molar-refractivity contribution in [1.82, 2.24) is 9.88 Å². The number of amides is 2. The number of aromatic nitrogens is 1. The second-order valence-electron chi connectivity index (χ2n) is 11.0. The number of anilines is 1. The van der Waals surface area contributed by atoms with E-state index < -0.39 is 35.8 Å². The molecule has 0 radical (unpaired) electrons. The fourth-order valence-corrected chi connectivity index (χ4v) is 5.75. The van der Waals surface area contributed by atoms with Gasteiger partial charge >= 0.3 is 5.97 Å². The lowest BCUT2D eigenvalue weighted by Crippen LogP contribution is -2.38. The van der Waals surface area contributed by atoms with E-state index in [1.54, 1.807) is 56.0 Å². The first-order valence-corrected chi connectivity index (χ1v) is 14.3. The number of carbonyl (C=O) groups excluding carboxylic acids is 3. The standard InChI is InChI=1S/C31H29ClFN3O7/c1-15(2)41-27-23-21(9-16(3)25(27)33)40-14-19-11-20(13-36(19)30(23)38)42-29-24(32)26-18(12-34-29)10-22(28(37)35-26)43-31(39)17-7-5-4-6-8-17/h4-9,12,15,19-20,22H,10-11,13-14H2,1-3H3,(H,35,37)/t19-,20+,22?/m1/s1. The minimum Gasteiger partial charge on any atom is -0.490 e. The Hall–Kier alpha value is -4.38. The minimum absolute atomic E-state index is 0.0510. The molecule has 4 heterocycles. The average Bonchev–Trinajstić information content (AvgIpc) is 3.34. The summed E-state index contributed by atoms with van der Waals surface area (Å²) in [6, 6.07) is 9.57. The highest BCUT2D eigenvalue weighted by Gasteiger charge is 2.43. The Morgan fingerprint density at radius 3 is 2.74 bits per heavy atom. The van der Waals surface area contributed by atoms with Crippen molar-refractivity contribution >= 4 is 35.1 Å². The second-order valence-corrected chi connectivity index (χ2v) is 11.4. The molecule has 6 rings (SSSR count). The van der Waals surface area contributed by atoms with E-state index in [1.165, 1.54) is 12.3 Å². The molecule has 1 unspecified atom stereocenters. The van der Waals surface area contributed by atoms with Gasteiger partial charge in [0, 0.05) is 24.6 Å². The summed E-state index contributed by atoms with van der Waals surface area (Å²) >= 11 is 6.62. The molecule has 3 aromatic rings. The van der Waals surface area contributed by atoms with Crippen LogP contribution in [0.25, 0.3) is 0 Å². The summed E-state index contributed by atoms with van der Waals surface area (Å²) in [6.07, 6.45) is 0.120. The first kappa shape index (κ1) is 28.7. The molecule has 1 fully saturated rings. The maximum atomic E-state index is 15.1. The summed E-state index contributed by atoms with van der Waals surface area (Å²) in [6.45, 7) is 5.49. The summed E-state index contributed by atoms with van der Waals surface area (Å²) in [4.78, 5) is 44.9. The number of halogens is 2. The van der Waals surface area contributed by atoms with Gasteiger partial charge < -0.3 is 29.2 Å². The molecule has 1 aromatic heterocycles. The zero-order valence-corrected chi connectivity index (χ0v) is 24.4. The Bertz CT molecular complexity index is 1620. The summed E-state index contributed by atoms with van der Waals surface area (Å²) in [5.74, 6) is -1.89. The Balaban J connectivity index is 1.17. The van der Waals surface area contributed by atoms with Crippen molar-refractivity contribution in [3.8, 4) is 17.4 Å². The fourth-order valence-electron chi connectivity index (χ4n) is 5.49. The molecule has 1 saturated heterocycles. The molecule has 0 aliphatic carbocycles. The van der Waals surface area contributed by atoms with Gasteiger partial charge in [-0.3, -0.25) is 9.59 Å². The van der Waals surface area contributed by atoms with Crippen LogP contribution in [0.5, 0.6) is 17.4 Å². The highest BCUT2D eigenvalue weighted by molar-refractivity contribution is 6.35. The predicted molar refractivity (Wildman–Crippen MR) is 153 cm³/mol. The smallest absolute Gasteiger partial charge is 0.338 e. The molecule has 2 amide bonds. The number of ether oxygens (including phenoxy) is 4. The van der Waals surface area contributed by atoms with E-state index in [-0.39, 0.29) is 59.7 Å². The summed E-state index contributed by atoms with van der Waals surface area (Å²) in [5, 5.41) is 2.80. The van der Waals surface area contributed by atoms with Crippen molar-refractivity contribution in [3.63, 3.8) is 0 Å². The van der Waals surface area contributed by atoms with Crippen molar-refractivity contribution in [2.45, 2.75) is 58.0 Å². The van der Waals surface area contributed by atoms with Crippen molar-refractivity contribution < 1.29 is 37.7 Å². The second kappa shape index (κ2) is 11.4. The zero-order chi connectivity index (χ0) is 30.4. The highest BCUT2D eigenvalue weighted by Crippen LogP contribution is 2.41. The van der Waals surface area contributed by atoms with E-state index in [1.807, 2.05) is 0 Å². The van der Waals surface area contributed by atoms with Crippen LogP contribution in [-0.2, 0) is 16.0 Å². The quantitative estimate of drug-likeness (QED) is 0.398. The van der Waals surface area contributed by atoms with Gasteiger partial charge in [0.15, 0.2) is 17.7 Å². The summed E-state index contributed by atoms with van der Waals surface area (Å²) < 4.78 is 38.3. The average molecular weight is 610 g/mol. The molecule has 1 N–H and O–H groups in total. The van der Waals surface area contributed by atoms with Crippen molar-refractivity contribution in [2.24, 2.45) is 0 Å². The Morgan fingerprint density at radius 2 is 2.00 bits per heavy atom. The van der Waals surface area contributed by atoms with Crippen LogP contribution in [0.3, 0.4) is 0 Å². The number of nitrogens with one attached hydrogen (secondary N) is 1. The topological polar surface area (TPSA) is 116 Å². The van der Waals surface area contributed by atoms with Crippen LogP contribution in [0.2, 0.25) is 5.02 Å².